The van der Waals surface area contributed by atoms with Crippen molar-refractivity contribution in [2.75, 3.05) is 25.6 Å². The number of hydrogen-bond acceptors (Lipinski definition) is 5. The first-order chi connectivity index (χ1) is 12.6. The summed E-state index contributed by atoms with van der Waals surface area (Å²) in [5.74, 6) is 0.406. The van der Waals surface area contributed by atoms with Crippen LogP contribution in [0, 0.1) is 17.1 Å². The maximum absolute atomic E-state index is 12.9. The number of rotatable bonds is 4. The van der Waals surface area contributed by atoms with E-state index in [4.69, 9.17) is 14.2 Å². The van der Waals surface area contributed by atoms with Crippen molar-refractivity contribution >= 4 is 17.7 Å². The summed E-state index contributed by atoms with van der Waals surface area (Å²) in [6.07, 6.45) is 1.42. The third kappa shape index (κ3) is 3.75. The molecule has 3 rings (SSSR count). The first-order valence-electron chi connectivity index (χ1n) is 7.77. The molecule has 0 aromatic heterocycles. The minimum absolute atomic E-state index is 0.118. The van der Waals surface area contributed by atoms with Crippen molar-refractivity contribution < 1.29 is 23.4 Å². The first kappa shape index (κ1) is 17.3. The van der Waals surface area contributed by atoms with Crippen molar-refractivity contribution in [1.82, 2.24) is 0 Å². The Bertz CT molecular complexity index is 884. The van der Waals surface area contributed by atoms with Crippen molar-refractivity contribution in [3.63, 3.8) is 0 Å². The summed E-state index contributed by atoms with van der Waals surface area (Å²) in [7, 11) is 1.49. The number of carbonyl (C=O) groups excluding carboxylic acids is 1. The third-order valence-electron chi connectivity index (χ3n) is 3.63. The highest BCUT2D eigenvalue weighted by Crippen LogP contribution is 2.40. The number of hydrogen-bond donors (Lipinski definition) is 1. The summed E-state index contributed by atoms with van der Waals surface area (Å²) in [6.45, 7) is 0.821. The normalized spacial score (nSPS) is 12.9. The van der Waals surface area contributed by atoms with Crippen LogP contribution in [0.4, 0.5) is 10.1 Å². The van der Waals surface area contributed by atoms with E-state index in [2.05, 4.69) is 5.32 Å². The Labute approximate surface area is 149 Å². The molecule has 0 spiro atoms. The highest BCUT2D eigenvalue weighted by atomic mass is 19.1. The standard InChI is InChI=1S/C19H15FN2O4/c1-24-16-9-12(10-17-18(16)26-7-6-25-17)8-13(11-21)19(23)22-15-4-2-14(20)3-5-15/h2-5,8-10H,6-7H2,1H3,(H,22,23)/b13-8+. The zero-order chi connectivity index (χ0) is 18.5. The molecule has 0 radical (unpaired) electrons. The molecular weight excluding hydrogens is 339 g/mol. The number of methoxy groups -OCH3 is 1. The predicted octanol–water partition coefficient (Wildman–Crippen LogP) is 3.15. The lowest BCUT2D eigenvalue weighted by molar-refractivity contribution is -0.112. The van der Waals surface area contributed by atoms with Gasteiger partial charge >= 0.3 is 0 Å². The van der Waals surface area contributed by atoms with E-state index < -0.39 is 11.7 Å². The number of halogens is 1. The van der Waals surface area contributed by atoms with Crippen molar-refractivity contribution in [3.05, 3.63) is 53.4 Å². The molecule has 26 heavy (non-hydrogen) atoms. The SMILES string of the molecule is COc1cc(/C=C(\C#N)C(=O)Nc2ccc(F)cc2)cc2c1OCCO2. The van der Waals surface area contributed by atoms with Crippen LogP contribution < -0.4 is 19.5 Å². The first-order valence-corrected chi connectivity index (χ1v) is 7.77. The maximum atomic E-state index is 12.9. The molecule has 0 saturated heterocycles. The van der Waals surface area contributed by atoms with E-state index in [1.807, 2.05) is 6.07 Å². The van der Waals surface area contributed by atoms with Gasteiger partial charge in [0.15, 0.2) is 11.5 Å². The Kier molecular flexibility index (Phi) is 5.04. The van der Waals surface area contributed by atoms with Crippen molar-refractivity contribution in [3.8, 4) is 23.3 Å². The van der Waals surface area contributed by atoms with E-state index in [0.29, 0.717) is 41.7 Å². The van der Waals surface area contributed by atoms with Crippen molar-refractivity contribution in [1.29, 1.82) is 5.26 Å². The number of carbonyl (C=O) groups is 1. The molecule has 0 fully saturated rings. The van der Waals surface area contributed by atoms with Gasteiger partial charge in [0.1, 0.15) is 30.7 Å². The summed E-state index contributed by atoms with van der Waals surface area (Å²) in [6, 6.07) is 10.4. The van der Waals surface area contributed by atoms with Crippen LogP contribution in [0.3, 0.4) is 0 Å². The second kappa shape index (κ2) is 7.57. The summed E-state index contributed by atoms with van der Waals surface area (Å²) in [5.41, 5.74) is 0.822. The van der Waals surface area contributed by atoms with Gasteiger partial charge in [-0.2, -0.15) is 5.26 Å². The van der Waals surface area contributed by atoms with Crippen LogP contribution in [-0.4, -0.2) is 26.2 Å². The van der Waals surface area contributed by atoms with Crippen LogP contribution in [0.2, 0.25) is 0 Å². The minimum atomic E-state index is -0.604. The molecular formula is C19H15FN2O4. The van der Waals surface area contributed by atoms with Crippen LogP contribution in [-0.2, 0) is 4.79 Å². The van der Waals surface area contributed by atoms with E-state index in [-0.39, 0.29) is 5.57 Å². The molecule has 0 saturated carbocycles. The van der Waals surface area contributed by atoms with Gasteiger partial charge in [-0.15, -0.1) is 0 Å². The molecule has 1 N–H and O–H groups in total. The molecule has 6 nitrogen and oxygen atoms in total. The summed E-state index contributed by atoms with van der Waals surface area (Å²) >= 11 is 0. The lowest BCUT2D eigenvalue weighted by Gasteiger charge is -2.21. The zero-order valence-corrected chi connectivity index (χ0v) is 13.9. The number of nitriles is 1. The van der Waals surface area contributed by atoms with Crippen LogP contribution in [0.5, 0.6) is 17.2 Å². The van der Waals surface area contributed by atoms with Gasteiger partial charge in [0.05, 0.1) is 7.11 Å². The van der Waals surface area contributed by atoms with Gasteiger partial charge in [0.25, 0.3) is 5.91 Å². The highest BCUT2D eigenvalue weighted by Gasteiger charge is 2.19. The molecule has 1 heterocycles. The average Bonchev–Trinajstić information content (AvgIpc) is 2.67. The molecule has 1 aliphatic heterocycles. The van der Waals surface area contributed by atoms with Gasteiger partial charge in [0, 0.05) is 5.69 Å². The number of amides is 1. The number of ether oxygens (including phenoxy) is 3. The number of nitrogens with one attached hydrogen (secondary N) is 1. The Morgan fingerprint density at radius 1 is 1.27 bits per heavy atom. The monoisotopic (exact) mass is 354 g/mol. The Morgan fingerprint density at radius 3 is 2.69 bits per heavy atom. The van der Waals surface area contributed by atoms with Gasteiger partial charge in [0.2, 0.25) is 5.75 Å². The van der Waals surface area contributed by atoms with E-state index in [0.717, 1.165) is 0 Å². The molecule has 1 amide bonds. The fourth-order valence-electron chi connectivity index (χ4n) is 2.42. The maximum Gasteiger partial charge on any atom is 0.266 e. The van der Waals surface area contributed by atoms with Gasteiger partial charge in [-0.05, 0) is 48.0 Å². The Morgan fingerprint density at radius 2 is 2.00 bits per heavy atom. The van der Waals surface area contributed by atoms with Crippen LogP contribution in [0.15, 0.2) is 42.0 Å². The Balaban J connectivity index is 1.87. The van der Waals surface area contributed by atoms with Crippen LogP contribution >= 0.6 is 0 Å². The zero-order valence-electron chi connectivity index (χ0n) is 13.9. The Hall–Kier alpha value is -3.53. The largest absolute Gasteiger partial charge is 0.493 e. The second-order valence-electron chi connectivity index (χ2n) is 5.38. The minimum Gasteiger partial charge on any atom is -0.493 e. The molecule has 0 atom stereocenters. The van der Waals surface area contributed by atoms with Crippen LogP contribution in [0.1, 0.15) is 5.56 Å². The van der Waals surface area contributed by atoms with Gasteiger partial charge in [-0.1, -0.05) is 0 Å². The number of fused-ring (bicyclic) bond motifs is 1. The summed E-state index contributed by atoms with van der Waals surface area (Å²) < 4.78 is 29.3. The van der Waals surface area contributed by atoms with E-state index >= 15 is 0 Å². The smallest absolute Gasteiger partial charge is 0.266 e. The molecule has 2 aromatic rings. The molecule has 1 aliphatic rings. The molecule has 0 bridgehead atoms. The second-order valence-corrected chi connectivity index (χ2v) is 5.38. The van der Waals surface area contributed by atoms with Crippen molar-refractivity contribution in [2.45, 2.75) is 0 Å². The average molecular weight is 354 g/mol. The lowest BCUT2D eigenvalue weighted by Crippen LogP contribution is -2.16. The van der Waals surface area contributed by atoms with E-state index in [9.17, 15) is 14.4 Å². The van der Waals surface area contributed by atoms with Gasteiger partial charge in [-0.25, -0.2) is 4.39 Å². The fourth-order valence-corrected chi connectivity index (χ4v) is 2.42. The molecule has 2 aromatic carbocycles. The quantitative estimate of drug-likeness (QED) is 0.674. The van der Waals surface area contributed by atoms with Crippen LogP contribution in [0.25, 0.3) is 6.08 Å². The number of anilines is 1. The molecule has 7 heteroatoms. The topological polar surface area (TPSA) is 80.6 Å². The lowest BCUT2D eigenvalue weighted by atomic mass is 10.1. The van der Waals surface area contributed by atoms with Gasteiger partial charge < -0.3 is 19.5 Å². The van der Waals surface area contributed by atoms with E-state index in [1.54, 1.807) is 12.1 Å². The van der Waals surface area contributed by atoms with Crippen molar-refractivity contribution in [2.24, 2.45) is 0 Å². The summed E-state index contributed by atoms with van der Waals surface area (Å²) in [4.78, 5) is 12.3. The van der Waals surface area contributed by atoms with Gasteiger partial charge in [-0.3, -0.25) is 4.79 Å². The fraction of sp³-hybridized carbons (Fsp3) is 0.158. The van der Waals surface area contributed by atoms with E-state index in [1.165, 1.54) is 37.5 Å². The molecule has 132 valence electrons. The summed E-state index contributed by atoms with van der Waals surface area (Å²) in [5, 5.41) is 11.9. The highest BCUT2D eigenvalue weighted by molar-refractivity contribution is 6.09. The predicted molar refractivity (Wildman–Crippen MR) is 92.6 cm³/mol. The molecule has 0 aliphatic carbocycles. The number of nitrogens with zero attached hydrogens (tertiary/aromatic N) is 1. The third-order valence-corrected chi connectivity index (χ3v) is 3.63. The number of benzene rings is 2. The molecule has 0 unspecified atom stereocenters.